The van der Waals surface area contributed by atoms with Crippen LogP contribution < -0.4 is 10.6 Å². The summed E-state index contributed by atoms with van der Waals surface area (Å²) in [6, 6.07) is 7.22. The molecule has 0 aromatic heterocycles. The molecule has 1 aromatic rings. The Balaban J connectivity index is 1.92. The number of Topliss-reactive ketones (excluding diaryl/α,β-unsaturated/α-hetero) is 2. The van der Waals surface area contributed by atoms with E-state index in [-0.39, 0.29) is 26.0 Å². The van der Waals surface area contributed by atoms with Crippen LogP contribution in [0.15, 0.2) is 30.3 Å². The Labute approximate surface area is 154 Å². The number of amides is 2. The fraction of sp³-hybridized carbons (Fsp3) is 0.444. The Morgan fingerprint density at radius 3 is 2.59 bits per heavy atom. The van der Waals surface area contributed by atoms with Crippen LogP contribution in [0, 0.1) is 5.92 Å². The topological polar surface area (TPSA) is 102 Å². The van der Waals surface area contributed by atoms with E-state index in [4.69, 9.17) is 4.74 Å². The molecule has 0 bridgehead atoms. The summed E-state index contributed by atoms with van der Waals surface area (Å²) >= 11 is 0. The third-order valence-electron chi connectivity index (χ3n) is 4.13. The molecule has 2 atom stereocenters. The number of carbonyl (C=O) groups is 4. The summed E-state index contributed by atoms with van der Waals surface area (Å²) in [5, 5.41) is 4.48. The number of alkyl halides is 2. The van der Waals surface area contributed by atoms with Crippen molar-refractivity contribution < 1.29 is 32.7 Å². The van der Waals surface area contributed by atoms with E-state index in [1.807, 2.05) is 0 Å². The number of carbonyl (C=O) groups excluding carboxylic acids is 4. The molecule has 0 aliphatic carbocycles. The third kappa shape index (κ3) is 6.43. The smallest absolute Gasteiger partial charge is 0.408 e. The van der Waals surface area contributed by atoms with E-state index in [0.717, 1.165) is 0 Å². The fourth-order valence-corrected chi connectivity index (χ4v) is 2.70. The van der Waals surface area contributed by atoms with Crippen LogP contribution in [-0.4, -0.2) is 42.6 Å². The first-order chi connectivity index (χ1) is 12.9. The SMILES string of the molecule is O=C(NC(CC(F)F)C(=O)CC1CCNC(=O)C1=O)OCc1ccccc1. The van der Waals surface area contributed by atoms with Crippen LogP contribution in [-0.2, 0) is 25.7 Å². The second-order valence-electron chi connectivity index (χ2n) is 6.16. The third-order valence-corrected chi connectivity index (χ3v) is 4.13. The molecule has 27 heavy (non-hydrogen) atoms. The minimum atomic E-state index is -2.83. The molecule has 0 saturated carbocycles. The lowest BCUT2D eigenvalue weighted by molar-refractivity contribution is -0.143. The molecule has 146 valence electrons. The lowest BCUT2D eigenvalue weighted by atomic mass is 9.88. The van der Waals surface area contributed by atoms with Gasteiger partial charge in [-0.15, -0.1) is 0 Å². The summed E-state index contributed by atoms with van der Waals surface area (Å²) in [6.45, 7) is 0.151. The van der Waals surface area contributed by atoms with Crippen LogP contribution in [0.3, 0.4) is 0 Å². The van der Waals surface area contributed by atoms with Gasteiger partial charge in [0.05, 0.1) is 6.04 Å². The maximum absolute atomic E-state index is 12.8. The molecule has 2 amide bonds. The molecule has 1 heterocycles. The molecule has 0 radical (unpaired) electrons. The van der Waals surface area contributed by atoms with Crippen molar-refractivity contribution in [3.63, 3.8) is 0 Å². The molecule has 2 rings (SSSR count). The van der Waals surface area contributed by atoms with Crippen molar-refractivity contribution in [2.75, 3.05) is 6.54 Å². The van der Waals surface area contributed by atoms with Gasteiger partial charge in [-0.05, 0) is 12.0 Å². The average Bonchev–Trinajstić information content (AvgIpc) is 2.63. The summed E-state index contributed by atoms with van der Waals surface area (Å²) in [6.07, 6.45) is -4.88. The van der Waals surface area contributed by atoms with Crippen molar-refractivity contribution in [2.45, 2.75) is 38.3 Å². The molecular weight excluding hydrogens is 362 g/mol. The largest absolute Gasteiger partial charge is 0.445 e. The van der Waals surface area contributed by atoms with Gasteiger partial charge in [0.1, 0.15) is 6.61 Å². The molecule has 1 saturated heterocycles. The summed E-state index contributed by atoms with van der Waals surface area (Å²) in [5.74, 6) is -3.15. The first-order valence-electron chi connectivity index (χ1n) is 8.47. The van der Waals surface area contributed by atoms with Gasteiger partial charge in [-0.1, -0.05) is 30.3 Å². The predicted octanol–water partition coefficient (Wildman–Crippen LogP) is 1.60. The van der Waals surface area contributed by atoms with Gasteiger partial charge in [-0.3, -0.25) is 14.4 Å². The maximum Gasteiger partial charge on any atom is 0.408 e. The molecule has 2 N–H and O–H groups in total. The number of ketones is 2. The van der Waals surface area contributed by atoms with E-state index in [1.54, 1.807) is 30.3 Å². The van der Waals surface area contributed by atoms with E-state index < -0.39 is 48.4 Å². The second-order valence-corrected chi connectivity index (χ2v) is 6.16. The molecule has 7 nitrogen and oxygen atoms in total. The summed E-state index contributed by atoms with van der Waals surface area (Å²) in [5.41, 5.74) is 0.697. The predicted molar refractivity (Wildman–Crippen MR) is 89.9 cm³/mol. The quantitative estimate of drug-likeness (QED) is 0.665. The molecule has 1 aromatic carbocycles. The lowest BCUT2D eigenvalue weighted by Gasteiger charge is -2.23. The van der Waals surface area contributed by atoms with Crippen molar-refractivity contribution in [2.24, 2.45) is 5.92 Å². The Morgan fingerprint density at radius 2 is 1.93 bits per heavy atom. The van der Waals surface area contributed by atoms with Crippen LogP contribution in [0.25, 0.3) is 0 Å². The minimum Gasteiger partial charge on any atom is -0.445 e. The van der Waals surface area contributed by atoms with E-state index in [9.17, 15) is 28.0 Å². The molecule has 2 unspecified atom stereocenters. The van der Waals surface area contributed by atoms with E-state index in [0.29, 0.717) is 5.56 Å². The highest BCUT2D eigenvalue weighted by Gasteiger charge is 2.34. The van der Waals surface area contributed by atoms with Gasteiger partial charge in [0.25, 0.3) is 5.91 Å². The van der Waals surface area contributed by atoms with Gasteiger partial charge in [-0.2, -0.15) is 0 Å². The average molecular weight is 382 g/mol. The fourth-order valence-electron chi connectivity index (χ4n) is 2.70. The normalized spacial score (nSPS) is 18.0. The Morgan fingerprint density at radius 1 is 1.22 bits per heavy atom. The van der Waals surface area contributed by atoms with Crippen LogP contribution in [0.4, 0.5) is 13.6 Å². The zero-order valence-electron chi connectivity index (χ0n) is 14.5. The summed E-state index contributed by atoms with van der Waals surface area (Å²) in [7, 11) is 0. The zero-order chi connectivity index (χ0) is 19.8. The van der Waals surface area contributed by atoms with E-state index in [1.165, 1.54) is 0 Å². The number of ether oxygens (including phenoxy) is 1. The van der Waals surface area contributed by atoms with Crippen LogP contribution in [0.2, 0.25) is 0 Å². The minimum absolute atomic E-state index is 0.0798. The molecule has 1 aliphatic rings. The highest BCUT2D eigenvalue weighted by atomic mass is 19.3. The Kier molecular flexibility index (Phi) is 7.39. The number of piperidine rings is 1. The number of benzene rings is 1. The molecular formula is C18H20F2N2O5. The zero-order valence-corrected chi connectivity index (χ0v) is 14.5. The number of hydrogen-bond acceptors (Lipinski definition) is 5. The van der Waals surface area contributed by atoms with Gasteiger partial charge in [0.15, 0.2) is 5.78 Å². The van der Waals surface area contributed by atoms with Gasteiger partial charge in [0.2, 0.25) is 12.2 Å². The van der Waals surface area contributed by atoms with Crippen LogP contribution in [0.1, 0.15) is 24.8 Å². The number of rotatable bonds is 8. The number of alkyl carbamates (subject to hydrolysis) is 1. The number of nitrogens with one attached hydrogen (secondary N) is 2. The monoisotopic (exact) mass is 382 g/mol. The molecule has 0 spiro atoms. The first kappa shape index (κ1) is 20.5. The van der Waals surface area contributed by atoms with Gasteiger partial charge in [0, 0.05) is 25.3 Å². The van der Waals surface area contributed by atoms with E-state index in [2.05, 4.69) is 10.6 Å². The van der Waals surface area contributed by atoms with Crippen LogP contribution >= 0.6 is 0 Å². The van der Waals surface area contributed by atoms with Gasteiger partial charge < -0.3 is 15.4 Å². The van der Waals surface area contributed by atoms with Crippen molar-refractivity contribution in [3.05, 3.63) is 35.9 Å². The highest BCUT2D eigenvalue weighted by molar-refractivity contribution is 6.37. The number of halogens is 2. The maximum atomic E-state index is 12.8. The number of hydrogen-bond donors (Lipinski definition) is 2. The van der Waals surface area contributed by atoms with Gasteiger partial charge >= 0.3 is 6.09 Å². The first-order valence-corrected chi connectivity index (χ1v) is 8.47. The molecule has 9 heteroatoms. The summed E-state index contributed by atoms with van der Waals surface area (Å²) in [4.78, 5) is 47.3. The second kappa shape index (κ2) is 9.75. The Bertz CT molecular complexity index is 696. The highest BCUT2D eigenvalue weighted by Crippen LogP contribution is 2.17. The van der Waals surface area contributed by atoms with Crippen molar-refractivity contribution in [1.29, 1.82) is 0 Å². The molecule has 1 fully saturated rings. The van der Waals surface area contributed by atoms with Crippen molar-refractivity contribution in [3.8, 4) is 0 Å². The lowest BCUT2D eigenvalue weighted by Crippen LogP contribution is -2.46. The van der Waals surface area contributed by atoms with Gasteiger partial charge in [-0.25, -0.2) is 13.6 Å². The van der Waals surface area contributed by atoms with Crippen LogP contribution in [0.5, 0.6) is 0 Å². The Hall–Kier alpha value is -2.84. The standard InChI is InChI=1S/C18H20F2N2O5/c19-15(20)9-13(14(23)8-12-6-7-21-17(25)16(12)24)22-18(26)27-10-11-4-2-1-3-5-11/h1-5,12-13,15H,6-10H2,(H,21,25)(H,22,26). The summed E-state index contributed by atoms with van der Waals surface area (Å²) < 4.78 is 30.5. The van der Waals surface area contributed by atoms with Crippen molar-refractivity contribution >= 4 is 23.6 Å². The van der Waals surface area contributed by atoms with E-state index >= 15 is 0 Å². The molecule has 1 aliphatic heterocycles. The van der Waals surface area contributed by atoms with Crippen molar-refractivity contribution in [1.82, 2.24) is 10.6 Å².